The van der Waals surface area contributed by atoms with Gasteiger partial charge in [0, 0.05) is 34.6 Å². The number of H-pyrrole nitrogens is 1. The number of carbonyl (C=O) groups excluding carboxylic acids is 2. The summed E-state index contributed by atoms with van der Waals surface area (Å²) in [6.45, 7) is 1.83. The summed E-state index contributed by atoms with van der Waals surface area (Å²) >= 11 is 6.34. The molecule has 4 aromatic rings. The molecule has 0 aliphatic carbocycles. The molecular weight excluding hydrogens is 514 g/mol. The molecule has 3 aromatic carbocycles. The van der Waals surface area contributed by atoms with E-state index in [4.69, 9.17) is 11.6 Å². The number of halogens is 1. The number of nitrogens with zero attached hydrogens (tertiary/aromatic N) is 1. The third-order valence-electron chi connectivity index (χ3n) is 7.93. The first-order chi connectivity index (χ1) is 18.8. The van der Waals surface area contributed by atoms with Gasteiger partial charge in [-0.05, 0) is 41.8 Å². The number of aromatic nitrogens is 1. The van der Waals surface area contributed by atoms with Crippen LogP contribution < -0.4 is 10.2 Å². The van der Waals surface area contributed by atoms with Crippen LogP contribution in [-0.4, -0.2) is 39.5 Å². The summed E-state index contributed by atoms with van der Waals surface area (Å²) in [6.07, 6.45) is 5.44. The maximum Gasteiger partial charge on any atom is 0.325 e. The quantitative estimate of drug-likeness (QED) is 0.300. The summed E-state index contributed by atoms with van der Waals surface area (Å²) in [4.78, 5) is 45.4. The van der Waals surface area contributed by atoms with Gasteiger partial charge in [-0.15, -0.1) is 0 Å². The van der Waals surface area contributed by atoms with Crippen LogP contribution in [0.25, 0.3) is 17.0 Å². The SMILES string of the molecule is Cc1ccc(N2C(=O)C3C(C=Cc4ccccc4)NC(Cc4c[nH]c5ccccc45)(C(=O)O)C3C2=O)cc1Cl. The normalized spacial score (nSPS) is 24.7. The number of carboxylic acid groups (broad SMARTS) is 1. The Kier molecular flexibility index (Phi) is 6.13. The van der Waals surface area contributed by atoms with E-state index in [1.165, 1.54) is 0 Å². The van der Waals surface area contributed by atoms with Crippen molar-refractivity contribution in [3.05, 3.63) is 107 Å². The van der Waals surface area contributed by atoms with Crippen LogP contribution in [-0.2, 0) is 20.8 Å². The Hall–Kier alpha value is -4.20. The first-order valence-electron chi connectivity index (χ1n) is 12.7. The van der Waals surface area contributed by atoms with E-state index < -0.39 is 41.2 Å². The monoisotopic (exact) mass is 539 g/mol. The molecule has 0 bridgehead atoms. The number of aromatic amines is 1. The number of aliphatic carboxylic acids is 1. The van der Waals surface area contributed by atoms with Gasteiger partial charge >= 0.3 is 5.97 Å². The number of nitrogens with one attached hydrogen (secondary N) is 2. The Morgan fingerprint density at radius 1 is 1.05 bits per heavy atom. The fourth-order valence-electron chi connectivity index (χ4n) is 5.98. The van der Waals surface area contributed by atoms with Crippen molar-refractivity contribution >= 4 is 52.1 Å². The molecule has 4 unspecified atom stereocenters. The molecule has 1 aromatic heterocycles. The van der Waals surface area contributed by atoms with E-state index in [1.807, 2.05) is 67.6 Å². The van der Waals surface area contributed by atoms with Gasteiger partial charge in [0.05, 0.1) is 17.5 Å². The van der Waals surface area contributed by atoms with Crippen molar-refractivity contribution in [3.63, 3.8) is 0 Å². The van der Waals surface area contributed by atoms with Crippen molar-refractivity contribution in [2.24, 2.45) is 11.8 Å². The highest BCUT2D eigenvalue weighted by Gasteiger charge is 2.68. The molecule has 2 saturated heterocycles. The molecule has 4 atom stereocenters. The lowest BCUT2D eigenvalue weighted by atomic mass is 9.76. The largest absolute Gasteiger partial charge is 0.480 e. The molecular formula is C31H26ClN3O4. The molecule has 0 spiro atoms. The van der Waals surface area contributed by atoms with E-state index in [0.29, 0.717) is 10.7 Å². The van der Waals surface area contributed by atoms with Gasteiger partial charge in [0.15, 0.2) is 0 Å². The number of amides is 2. The van der Waals surface area contributed by atoms with Crippen LogP contribution in [0.5, 0.6) is 0 Å². The van der Waals surface area contributed by atoms with Gasteiger partial charge in [-0.1, -0.05) is 78.4 Å². The van der Waals surface area contributed by atoms with Crippen LogP contribution in [0.1, 0.15) is 16.7 Å². The summed E-state index contributed by atoms with van der Waals surface area (Å²) in [5.41, 5.74) is 1.96. The van der Waals surface area contributed by atoms with E-state index in [-0.39, 0.29) is 6.42 Å². The highest BCUT2D eigenvalue weighted by Crippen LogP contribution is 2.47. The number of anilines is 1. The maximum atomic E-state index is 14.1. The van der Waals surface area contributed by atoms with Crippen LogP contribution in [0, 0.1) is 18.8 Å². The third kappa shape index (κ3) is 4.06. The Balaban J connectivity index is 1.47. The van der Waals surface area contributed by atoms with E-state index in [0.717, 1.165) is 32.5 Å². The number of hydrogen-bond donors (Lipinski definition) is 3. The number of para-hydroxylation sites is 1. The number of hydrogen-bond acceptors (Lipinski definition) is 4. The Morgan fingerprint density at radius 3 is 2.54 bits per heavy atom. The minimum Gasteiger partial charge on any atom is -0.480 e. The topological polar surface area (TPSA) is 102 Å². The predicted octanol–water partition coefficient (Wildman–Crippen LogP) is 4.99. The minimum absolute atomic E-state index is 0.0186. The first kappa shape index (κ1) is 25.1. The van der Waals surface area contributed by atoms with Crippen LogP contribution in [0.15, 0.2) is 85.1 Å². The maximum absolute atomic E-state index is 14.1. The summed E-state index contributed by atoms with van der Waals surface area (Å²) in [7, 11) is 0. The second-order valence-corrected chi connectivity index (χ2v) is 10.6. The molecule has 39 heavy (non-hydrogen) atoms. The molecule has 3 heterocycles. The summed E-state index contributed by atoms with van der Waals surface area (Å²) in [5.74, 6) is -4.19. The van der Waals surface area contributed by atoms with Gasteiger partial charge in [-0.2, -0.15) is 0 Å². The molecule has 2 amide bonds. The second kappa shape index (κ2) is 9.52. The zero-order valence-electron chi connectivity index (χ0n) is 21.1. The second-order valence-electron chi connectivity index (χ2n) is 10.2. The van der Waals surface area contributed by atoms with Gasteiger partial charge in [0.1, 0.15) is 5.54 Å². The van der Waals surface area contributed by atoms with E-state index in [1.54, 1.807) is 30.5 Å². The van der Waals surface area contributed by atoms with Crippen molar-refractivity contribution < 1.29 is 19.5 Å². The number of rotatable bonds is 6. The standard InChI is InChI=1S/C31H26ClN3O4/c1-18-11-13-21(15-23(18)32)35-28(36)26-25(14-12-19-7-3-2-4-8-19)34-31(30(38)39,27(26)29(35)37)16-20-17-33-24-10-6-5-9-22(20)24/h2-15,17,25-27,33-34H,16H2,1H3,(H,38,39). The van der Waals surface area contributed by atoms with Gasteiger partial charge < -0.3 is 10.1 Å². The van der Waals surface area contributed by atoms with Crippen LogP contribution in [0.3, 0.4) is 0 Å². The summed E-state index contributed by atoms with van der Waals surface area (Å²) in [6, 6.07) is 21.5. The molecule has 2 aliphatic rings. The fraction of sp³-hybridized carbons (Fsp3) is 0.194. The fourth-order valence-corrected chi connectivity index (χ4v) is 6.15. The van der Waals surface area contributed by atoms with Gasteiger partial charge in [-0.25, -0.2) is 4.90 Å². The van der Waals surface area contributed by atoms with Crippen molar-refractivity contribution in [2.45, 2.75) is 24.9 Å². The molecule has 196 valence electrons. The highest BCUT2D eigenvalue weighted by atomic mass is 35.5. The predicted molar refractivity (Wildman–Crippen MR) is 150 cm³/mol. The van der Waals surface area contributed by atoms with E-state index in [2.05, 4.69) is 10.3 Å². The molecule has 3 N–H and O–H groups in total. The molecule has 0 radical (unpaired) electrons. The molecule has 6 rings (SSSR count). The van der Waals surface area contributed by atoms with E-state index in [9.17, 15) is 19.5 Å². The lowest BCUT2D eigenvalue weighted by Crippen LogP contribution is -2.58. The number of carbonyl (C=O) groups is 3. The van der Waals surface area contributed by atoms with Crippen LogP contribution in [0.2, 0.25) is 5.02 Å². The molecule has 7 nitrogen and oxygen atoms in total. The molecule has 2 fully saturated rings. The summed E-state index contributed by atoms with van der Waals surface area (Å²) in [5, 5.41) is 15.3. The highest BCUT2D eigenvalue weighted by molar-refractivity contribution is 6.32. The van der Waals surface area contributed by atoms with Crippen LogP contribution in [0.4, 0.5) is 5.69 Å². The Bertz CT molecular complexity index is 1650. The number of imide groups is 1. The van der Waals surface area contributed by atoms with Gasteiger partial charge in [-0.3, -0.25) is 19.7 Å². The number of benzene rings is 3. The smallest absolute Gasteiger partial charge is 0.325 e. The van der Waals surface area contributed by atoms with Crippen LogP contribution >= 0.6 is 11.6 Å². The average molecular weight is 540 g/mol. The average Bonchev–Trinajstić information content (AvgIpc) is 3.57. The number of aryl methyl sites for hydroxylation is 1. The van der Waals surface area contributed by atoms with Crippen molar-refractivity contribution in [2.75, 3.05) is 4.90 Å². The molecule has 8 heteroatoms. The zero-order chi connectivity index (χ0) is 27.3. The number of carboxylic acids is 1. The Morgan fingerprint density at radius 2 is 1.79 bits per heavy atom. The van der Waals surface area contributed by atoms with Crippen molar-refractivity contribution in [1.29, 1.82) is 0 Å². The van der Waals surface area contributed by atoms with Crippen molar-refractivity contribution in [1.82, 2.24) is 10.3 Å². The lowest BCUT2D eigenvalue weighted by molar-refractivity contribution is -0.148. The molecule has 2 aliphatic heterocycles. The van der Waals surface area contributed by atoms with Gasteiger partial charge in [0.25, 0.3) is 0 Å². The zero-order valence-corrected chi connectivity index (χ0v) is 21.9. The Labute approximate surface area is 230 Å². The third-order valence-corrected chi connectivity index (χ3v) is 8.34. The van der Waals surface area contributed by atoms with Crippen molar-refractivity contribution in [3.8, 4) is 0 Å². The summed E-state index contributed by atoms with van der Waals surface area (Å²) < 4.78 is 0. The minimum atomic E-state index is -1.71. The number of fused-ring (bicyclic) bond motifs is 2. The van der Waals surface area contributed by atoms with E-state index >= 15 is 0 Å². The lowest BCUT2D eigenvalue weighted by Gasteiger charge is -2.31. The molecule has 0 saturated carbocycles. The first-order valence-corrected chi connectivity index (χ1v) is 13.1. The van der Waals surface area contributed by atoms with Gasteiger partial charge in [0.2, 0.25) is 11.8 Å².